The summed E-state index contributed by atoms with van der Waals surface area (Å²) in [5, 5.41) is 0. The molecular weight excluding hydrogens is 216 g/mol. The van der Waals surface area contributed by atoms with Gasteiger partial charge in [0.05, 0.1) is 13.2 Å². The number of amides is 1. The zero-order valence-corrected chi connectivity index (χ0v) is 9.63. The molecule has 0 saturated carbocycles. The zero-order chi connectivity index (χ0) is 12.3. The molecule has 0 aromatic heterocycles. The number of carbonyl (C=O) groups is 1. The number of hydrogen-bond acceptors (Lipinski definition) is 2. The Kier molecular flexibility index (Phi) is 4.02. The molecule has 1 atom stereocenters. The van der Waals surface area contributed by atoms with Gasteiger partial charge in [-0.15, -0.1) is 0 Å². The maximum absolute atomic E-state index is 13.8. The molecule has 1 rings (SSSR count). The second kappa shape index (κ2) is 4.91. The molecule has 92 valence electrons. The summed E-state index contributed by atoms with van der Waals surface area (Å²) >= 11 is 0. The van der Waals surface area contributed by atoms with Gasteiger partial charge in [-0.1, -0.05) is 19.1 Å². The van der Waals surface area contributed by atoms with E-state index in [2.05, 4.69) is 6.58 Å². The van der Waals surface area contributed by atoms with Gasteiger partial charge < -0.3 is 9.64 Å². The normalized spacial score (nSPS) is 19.4. The van der Waals surface area contributed by atoms with Gasteiger partial charge in [-0.3, -0.25) is 4.79 Å². The van der Waals surface area contributed by atoms with Crippen molar-refractivity contribution >= 4 is 5.91 Å². The summed E-state index contributed by atoms with van der Waals surface area (Å²) in [5.41, 5.74) is 0.312. The van der Waals surface area contributed by atoms with Crippen LogP contribution in [-0.4, -0.2) is 43.0 Å². The minimum Gasteiger partial charge on any atom is -0.378 e. The first-order chi connectivity index (χ1) is 7.37. The van der Waals surface area contributed by atoms with Crippen LogP contribution in [0.1, 0.15) is 13.8 Å². The standard InChI is InChI=1S/C11H17F2NO2/c1-8(2)9(3)11(12,13)10(15)14-4-6-16-7-5-14/h9H,1,4-7H2,2-3H3. The Morgan fingerprint density at radius 2 is 1.94 bits per heavy atom. The van der Waals surface area contributed by atoms with Crippen LogP contribution in [0.5, 0.6) is 0 Å². The quantitative estimate of drug-likeness (QED) is 0.694. The molecule has 16 heavy (non-hydrogen) atoms. The van der Waals surface area contributed by atoms with Crippen molar-refractivity contribution < 1.29 is 18.3 Å². The SMILES string of the molecule is C=C(C)C(C)C(F)(F)C(=O)N1CCOCC1. The summed E-state index contributed by atoms with van der Waals surface area (Å²) in [5.74, 6) is -5.63. The summed E-state index contributed by atoms with van der Waals surface area (Å²) < 4.78 is 32.5. The molecule has 0 aromatic carbocycles. The van der Waals surface area contributed by atoms with Crippen LogP contribution in [0.2, 0.25) is 0 Å². The van der Waals surface area contributed by atoms with Gasteiger partial charge in [0.1, 0.15) is 0 Å². The maximum atomic E-state index is 13.8. The van der Waals surface area contributed by atoms with Crippen molar-refractivity contribution in [3.8, 4) is 0 Å². The summed E-state index contributed by atoms with van der Waals surface area (Å²) in [4.78, 5) is 12.8. The van der Waals surface area contributed by atoms with Crippen LogP contribution in [0, 0.1) is 5.92 Å². The lowest BCUT2D eigenvalue weighted by atomic mass is 9.95. The van der Waals surface area contributed by atoms with Crippen LogP contribution in [0.25, 0.3) is 0 Å². The van der Waals surface area contributed by atoms with E-state index in [-0.39, 0.29) is 13.1 Å². The molecule has 5 heteroatoms. The Bertz CT molecular complexity index is 286. The van der Waals surface area contributed by atoms with E-state index in [4.69, 9.17) is 4.74 Å². The van der Waals surface area contributed by atoms with E-state index < -0.39 is 17.7 Å². The van der Waals surface area contributed by atoms with E-state index in [0.29, 0.717) is 18.8 Å². The molecule has 1 saturated heterocycles. The maximum Gasteiger partial charge on any atom is 0.330 e. The van der Waals surface area contributed by atoms with Crippen molar-refractivity contribution in [2.45, 2.75) is 19.8 Å². The Balaban J connectivity index is 2.73. The number of rotatable bonds is 3. The molecule has 0 N–H and O–H groups in total. The Morgan fingerprint density at radius 1 is 1.44 bits per heavy atom. The van der Waals surface area contributed by atoms with Crippen molar-refractivity contribution in [1.82, 2.24) is 4.90 Å². The lowest BCUT2D eigenvalue weighted by Gasteiger charge is -2.32. The van der Waals surface area contributed by atoms with Crippen molar-refractivity contribution in [3.05, 3.63) is 12.2 Å². The summed E-state index contributed by atoms with van der Waals surface area (Å²) in [7, 11) is 0. The monoisotopic (exact) mass is 233 g/mol. The molecule has 0 aliphatic carbocycles. The number of halogens is 2. The zero-order valence-electron chi connectivity index (χ0n) is 9.63. The number of ether oxygens (including phenoxy) is 1. The topological polar surface area (TPSA) is 29.5 Å². The van der Waals surface area contributed by atoms with E-state index in [1.165, 1.54) is 13.8 Å². The first kappa shape index (κ1) is 13.1. The van der Waals surface area contributed by atoms with Gasteiger partial charge in [0, 0.05) is 19.0 Å². The molecule has 0 radical (unpaired) electrons. The third-order valence-corrected chi connectivity index (χ3v) is 2.87. The summed E-state index contributed by atoms with van der Waals surface area (Å²) in [6.45, 7) is 7.41. The van der Waals surface area contributed by atoms with E-state index in [1.54, 1.807) is 0 Å². The van der Waals surface area contributed by atoms with Gasteiger partial charge in [-0.25, -0.2) is 0 Å². The third kappa shape index (κ3) is 2.58. The molecule has 0 aromatic rings. The van der Waals surface area contributed by atoms with Crippen LogP contribution in [0.3, 0.4) is 0 Å². The van der Waals surface area contributed by atoms with Gasteiger partial charge in [0.25, 0.3) is 5.91 Å². The highest BCUT2D eigenvalue weighted by Gasteiger charge is 2.47. The van der Waals surface area contributed by atoms with Gasteiger partial charge >= 0.3 is 5.92 Å². The highest BCUT2D eigenvalue weighted by molar-refractivity contribution is 5.84. The van der Waals surface area contributed by atoms with E-state index in [9.17, 15) is 13.6 Å². The average molecular weight is 233 g/mol. The fraction of sp³-hybridized carbons (Fsp3) is 0.727. The molecule has 0 spiro atoms. The highest BCUT2D eigenvalue weighted by Crippen LogP contribution is 2.31. The lowest BCUT2D eigenvalue weighted by molar-refractivity contribution is -0.166. The lowest BCUT2D eigenvalue weighted by Crippen LogP contribution is -2.51. The van der Waals surface area contributed by atoms with E-state index >= 15 is 0 Å². The number of morpholine rings is 1. The number of alkyl halides is 2. The molecule has 0 bridgehead atoms. The van der Waals surface area contributed by atoms with Crippen molar-refractivity contribution in [2.24, 2.45) is 5.92 Å². The molecule has 1 amide bonds. The number of nitrogens with zero attached hydrogens (tertiary/aromatic N) is 1. The number of carbonyl (C=O) groups excluding carboxylic acids is 1. The number of hydrogen-bond donors (Lipinski definition) is 0. The van der Waals surface area contributed by atoms with Crippen LogP contribution in [0.4, 0.5) is 8.78 Å². The molecule has 1 aliphatic rings. The van der Waals surface area contributed by atoms with E-state index in [1.807, 2.05) is 0 Å². The smallest absolute Gasteiger partial charge is 0.330 e. The summed E-state index contributed by atoms with van der Waals surface area (Å²) in [6.07, 6.45) is 0. The minimum atomic E-state index is -3.37. The fourth-order valence-electron chi connectivity index (χ4n) is 1.47. The van der Waals surface area contributed by atoms with Crippen molar-refractivity contribution in [3.63, 3.8) is 0 Å². The Hall–Kier alpha value is -0.970. The van der Waals surface area contributed by atoms with Crippen molar-refractivity contribution in [2.75, 3.05) is 26.3 Å². The fourth-order valence-corrected chi connectivity index (χ4v) is 1.47. The van der Waals surface area contributed by atoms with Crippen LogP contribution >= 0.6 is 0 Å². The molecule has 3 nitrogen and oxygen atoms in total. The van der Waals surface area contributed by atoms with Gasteiger partial charge in [-0.2, -0.15) is 8.78 Å². The molecular formula is C11H17F2NO2. The molecule has 1 unspecified atom stereocenters. The minimum absolute atomic E-state index is 0.233. The van der Waals surface area contributed by atoms with Crippen molar-refractivity contribution in [1.29, 1.82) is 0 Å². The Labute approximate surface area is 94.1 Å². The van der Waals surface area contributed by atoms with E-state index in [0.717, 1.165) is 4.90 Å². The van der Waals surface area contributed by atoms with Gasteiger partial charge in [-0.05, 0) is 6.92 Å². The molecule has 1 heterocycles. The number of allylic oxidation sites excluding steroid dienone is 1. The largest absolute Gasteiger partial charge is 0.378 e. The Morgan fingerprint density at radius 3 is 2.38 bits per heavy atom. The first-order valence-corrected chi connectivity index (χ1v) is 5.27. The highest BCUT2D eigenvalue weighted by atomic mass is 19.3. The predicted octanol–water partition coefficient (Wildman–Crippen LogP) is 1.69. The molecule has 1 aliphatic heterocycles. The van der Waals surface area contributed by atoms with Gasteiger partial charge in [0.2, 0.25) is 0 Å². The van der Waals surface area contributed by atoms with Crippen LogP contribution in [0.15, 0.2) is 12.2 Å². The first-order valence-electron chi connectivity index (χ1n) is 5.27. The second-order valence-electron chi connectivity index (χ2n) is 4.10. The third-order valence-electron chi connectivity index (χ3n) is 2.87. The second-order valence-corrected chi connectivity index (χ2v) is 4.10. The van der Waals surface area contributed by atoms with Crippen LogP contribution in [-0.2, 0) is 9.53 Å². The average Bonchev–Trinajstić information content (AvgIpc) is 2.28. The summed E-state index contributed by atoms with van der Waals surface area (Å²) in [6, 6.07) is 0. The predicted molar refractivity (Wildman–Crippen MR) is 56.3 cm³/mol. The van der Waals surface area contributed by atoms with Gasteiger partial charge in [0.15, 0.2) is 0 Å². The molecule has 1 fully saturated rings. The van der Waals surface area contributed by atoms with Crippen LogP contribution < -0.4 is 0 Å².